The molecule has 4 heteroatoms. The maximum atomic E-state index is 2.38. The van der Waals surface area contributed by atoms with Gasteiger partial charge in [0.05, 0.1) is 0 Å². The molecule has 1 aromatic carbocycles. The fourth-order valence-electron chi connectivity index (χ4n) is 1.63. The largest absolute Gasteiger partial charge is 0.107 e. The van der Waals surface area contributed by atoms with Crippen molar-refractivity contribution in [3.05, 3.63) is 18.2 Å². The predicted octanol–water partition coefficient (Wildman–Crippen LogP) is 1.50. The fraction of sp³-hybridized carbons (Fsp3) is 0.455. The molecule has 15 heavy (non-hydrogen) atoms. The molecule has 1 aromatic rings. The average molecular weight is 383 g/mol. The quantitative estimate of drug-likeness (QED) is 0.536. The molecule has 0 saturated carbocycles. The topological polar surface area (TPSA) is 6.48 Å². The van der Waals surface area contributed by atoms with E-state index in [4.69, 9.17) is 0 Å². The normalized spacial score (nSPS) is 18.4. The molecule has 0 fully saturated rings. The molecule has 0 radical (unpaired) electrons. The van der Waals surface area contributed by atoms with E-state index in [0.29, 0.717) is 19.9 Å². The average Bonchev–Trinajstić information content (AvgIpc) is 2.42. The van der Waals surface area contributed by atoms with Crippen molar-refractivity contribution in [2.24, 2.45) is 0 Å². The minimum absolute atomic E-state index is 0. The summed E-state index contributed by atoms with van der Waals surface area (Å²) in [6.45, 7) is 2.30. The Morgan fingerprint density at radius 3 is 2.60 bits per heavy atom. The first-order valence-corrected chi connectivity index (χ1v) is 6.65. The van der Waals surface area contributed by atoms with Gasteiger partial charge in [0.25, 0.3) is 0 Å². The van der Waals surface area contributed by atoms with E-state index in [9.17, 15) is 0 Å². The fourth-order valence-corrected chi connectivity index (χ4v) is 4.06. The van der Waals surface area contributed by atoms with Crippen molar-refractivity contribution in [2.45, 2.75) is 11.9 Å². The first kappa shape index (κ1) is 13.1. The van der Waals surface area contributed by atoms with Crippen molar-refractivity contribution >= 4 is 54.8 Å². The Hall–Kier alpha value is 0.0695. The standard InChI is InChI=1S/C11H16N2Se.HI/c1-8-13(4)10-6-5-9(12(2)3)7-11(10)14-8;/h5-8H,1-4H3;1H. The summed E-state index contributed by atoms with van der Waals surface area (Å²) in [5, 5.41) is 0. The van der Waals surface area contributed by atoms with Gasteiger partial charge >= 0.3 is 91.8 Å². The molecule has 0 amide bonds. The van der Waals surface area contributed by atoms with E-state index in [-0.39, 0.29) is 24.0 Å². The summed E-state index contributed by atoms with van der Waals surface area (Å²) in [7, 11) is 6.38. The van der Waals surface area contributed by atoms with E-state index >= 15 is 0 Å². The predicted molar refractivity (Wildman–Crippen MR) is 79.4 cm³/mol. The number of hydrogen-bond acceptors (Lipinski definition) is 2. The van der Waals surface area contributed by atoms with Crippen LogP contribution in [0.2, 0.25) is 0 Å². The maximum absolute atomic E-state index is 2.38. The van der Waals surface area contributed by atoms with Crippen LogP contribution in [-0.4, -0.2) is 41.0 Å². The van der Waals surface area contributed by atoms with Crippen molar-refractivity contribution in [3.63, 3.8) is 0 Å². The van der Waals surface area contributed by atoms with Crippen LogP contribution in [0.4, 0.5) is 11.4 Å². The molecule has 0 aliphatic carbocycles. The molecule has 0 saturated heterocycles. The van der Waals surface area contributed by atoms with Gasteiger partial charge in [-0.2, -0.15) is 0 Å². The van der Waals surface area contributed by atoms with Crippen molar-refractivity contribution < 1.29 is 0 Å². The van der Waals surface area contributed by atoms with Gasteiger partial charge < -0.3 is 0 Å². The smallest absolute Gasteiger partial charge is 0.107 e. The number of fused-ring (bicyclic) bond motifs is 1. The number of hydrogen-bond donors (Lipinski definition) is 0. The zero-order chi connectivity index (χ0) is 10.3. The Balaban J connectivity index is 0.00000112. The van der Waals surface area contributed by atoms with Crippen LogP contribution in [0.25, 0.3) is 0 Å². The summed E-state index contributed by atoms with van der Waals surface area (Å²) in [6.07, 6.45) is 0. The summed E-state index contributed by atoms with van der Waals surface area (Å²) in [5.41, 5.74) is 2.73. The molecule has 1 atom stereocenters. The number of anilines is 2. The van der Waals surface area contributed by atoms with Crippen LogP contribution >= 0.6 is 24.0 Å². The molecule has 84 valence electrons. The van der Waals surface area contributed by atoms with Crippen molar-refractivity contribution in [1.29, 1.82) is 0 Å². The van der Waals surface area contributed by atoms with Gasteiger partial charge in [-0.3, -0.25) is 0 Å². The summed E-state index contributed by atoms with van der Waals surface area (Å²) >= 11 is 0.607. The summed E-state index contributed by atoms with van der Waals surface area (Å²) < 4.78 is 1.54. The third kappa shape index (κ3) is 2.43. The Labute approximate surface area is 115 Å². The van der Waals surface area contributed by atoms with E-state index < -0.39 is 0 Å². The molecule has 2 rings (SSSR count). The van der Waals surface area contributed by atoms with E-state index in [1.165, 1.54) is 11.4 Å². The third-order valence-corrected chi connectivity index (χ3v) is 5.28. The van der Waals surface area contributed by atoms with Gasteiger partial charge in [0.1, 0.15) is 0 Å². The molecular formula is C11H17IN2Se. The van der Waals surface area contributed by atoms with E-state index in [2.05, 4.69) is 56.1 Å². The van der Waals surface area contributed by atoms with Crippen molar-refractivity contribution in [3.8, 4) is 0 Å². The van der Waals surface area contributed by atoms with Gasteiger partial charge in [-0.15, -0.1) is 24.0 Å². The summed E-state index contributed by atoms with van der Waals surface area (Å²) in [5.74, 6) is 0. The zero-order valence-electron chi connectivity index (χ0n) is 9.52. The minimum Gasteiger partial charge on any atom is -0.107 e. The van der Waals surface area contributed by atoms with Crippen molar-refractivity contribution in [1.82, 2.24) is 0 Å². The monoisotopic (exact) mass is 384 g/mol. The molecule has 1 unspecified atom stereocenters. The van der Waals surface area contributed by atoms with E-state index in [1.807, 2.05) is 0 Å². The Bertz CT molecular complexity index is 354. The number of rotatable bonds is 1. The van der Waals surface area contributed by atoms with Crippen LogP contribution in [-0.2, 0) is 0 Å². The second-order valence-corrected chi connectivity index (χ2v) is 6.72. The second-order valence-electron chi connectivity index (χ2n) is 3.87. The van der Waals surface area contributed by atoms with Gasteiger partial charge in [-0.1, -0.05) is 0 Å². The molecule has 0 spiro atoms. The molecule has 1 aliphatic rings. The van der Waals surface area contributed by atoms with E-state index in [0.717, 1.165) is 0 Å². The van der Waals surface area contributed by atoms with Gasteiger partial charge in [-0.25, -0.2) is 0 Å². The molecule has 1 aliphatic heterocycles. The van der Waals surface area contributed by atoms with Crippen LogP contribution in [0.3, 0.4) is 0 Å². The number of benzene rings is 1. The second kappa shape index (κ2) is 4.93. The number of nitrogens with zero attached hydrogens (tertiary/aromatic N) is 2. The maximum Gasteiger partial charge on any atom is -0.107 e. The molecule has 0 aromatic heterocycles. The molecule has 2 nitrogen and oxygen atoms in total. The molecular weight excluding hydrogens is 366 g/mol. The summed E-state index contributed by atoms with van der Waals surface area (Å²) in [6, 6.07) is 6.77. The van der Waals surface area contributed by atoms with Gasteiger partial charge in [0.2, 0.25) is 0 Å². The minimum atomic E-state index is 0. The summed E-state index contributed by atoms with van der Waals surface area (Å²) in [4.78, 5) is 5.25. The van der Waals surface area contributed by atoms with Crippen LogP contribution in [0.1, 0.15) is 6.92 Å². The van der Waals surface area contributed by atoms with Crippen LogP contribution in [0.5, 0.6) is 0 Å². The van der Waals surface area contributed by atoms with Crippen LogP contribution < -0.4 is 14.3 Å². The Kier molecular flexibility index (Phi) is 4.32. The first-order chi connectivity index (χ1) is 6.59. The zero-order valence-corrected chi connectivity index (χ0v) is 13.6. The molecule has 0 N–H and O–H groups in total. The Morgan fingerprint density at radius 2 is 2.00 bits per heavy atom. The Morgan fingerprint density at radius 1 is 1.33 bits per heavy atom. The van der Waals surface area contributed by atoms with Gasteiger partial charge in [0.15, 0.2) is 0 Å². The first-order valence-electron chi connectivity index (χ1n) is 4.80. The molecule has 0 bridgehead atoms. The van der Waals surface area contributed by atoms with Crippen molar-refractivity contribution in [2.75, 3.05) is 30.9 Å². The van der Waals surface area contributed by atoms with Crippen LogP contribution in [0, 0.1) is 0 Å². The van der Waals surface area contributed by atoms with E-state index in [1.54, 1.807) is 4.46 Å². The molecule has 1 heterocycles. The van der Waals surface area contributed by atoms with Gasteiger partial charge in [0, 0.05) is 0 Å². The third-order valence-electron chi connectivity index (χ3n) is 2.68. The SMILES string of the molecule is CC1[Se]c2cc(N(C)C)ccc2N1C.I. The number of halogens is 1. The van der Waals surface area contributed by atoms with Gasteiger partial charge in [-0.05, 0) is 0 Å². The van der Waals surface area contributed by atoms with Crippen LogP contribution in [0.15, 0.2) is 18.2 Å².